The molecule has 0 saturated heterocycles. The highest BCUT2D eigenvalue weighted by atomic mass is 35.5. The molecule has 0 aliphatic carbocycles. The van der Waals surface area contributed by atoms with Crippen LogP contribution in [0.15, 0.2) is 42.5 Å². The van der Waals surface area contributed by atoms with E-state index in [0.717, 1.165) is 17.1 Å². The Morgan fingerprint density at radius 3 is 2.50 bits per heavy atom. The topological polar surface area (TPSA) is 29.3 Å². The molecular formula is C17H21ClN2. The number of rotatable bonds is 4. The van der Waals surface area contributed by atoms with Gasteiger partial charge in [0.1, 0.15) is 0 Å². The SMILES string of the molecule is Cc1ccccc1N(C)c1cc(Cl)ccc1CC(C)N. The maximum absolute atomic E-state index is 6.17. The van der Waals surface area contributed by atoms with Gasteiger partial charge in [0.25, 0.3) is 0 Å². The third kappa shape index (κ3) is 3.33. The Morgan fingerprint density at radius 2 is 1.85 bits per heavy atom. The number of hydrogen-bond donors (Lipinski definition) is 1. The van der Waals surface area contributed by atoms with Crippen molar-refractivity contribution < 1.29 is 0 Å². The highest BCUT2D eigenvalue weighted by Crippen LogP contribution is 2.32. The van der Waals surface area contributed by atoms with Crippen LogP contribution in [-0.4, -0.2) is 13.1 Å². The number of para-hydroxylation sites is 1. The van der Waals surface area contributed by atoms with Crippen LogP contribution in [0.25, 0.3) is 0 Å². The number of nitrogens with two attached hydrogens (primary N) is 1. The van der Waals surface area contributed by atoms with Crippen LogP contribution in [0.4, 0.5) is 11.4 Å². The van der Waals surface area contributed by atoms with Gasteiger partial charge in [-0.15, -0.1) is 0 Å². The second-order valence-electron chi connectivity index (χ2n) is 5.30. The van der Waals surface area contributed by atoms with Crippen molar-refractivity contribution in [3.63, 3.8) is 0 Å². The van der Waals surface area contributed by atoms with Crippen LogP contribution in [0.1, 0.15) is 18.1 Å². The largest absolute Gasteiger partial charge is 0.344 e. The lowest BCUT2D eigenvalue weighted by Gasteiger charge is -2.25. The molecule has 0 spiro atoms. The van der Waals surface area contributed by atoms with E-state index < -0.39 is 0 Å². The molecule has 0 heterocycles. The van der Waals surface area contributed by atoms with Crippen LogP contribution in [0.3, 0.4) is 0 Å². The predicted molar refractivity (Wildman–Crippen MR) is 88.0 cm³/mol. The van der Waals surface area contributed by atoms with Crippen LogP contribution in [-0.2, 0) is 6.42 Å². The van der Waals surface area contributed by atoms with Crippen LogP contribution >= 0.6 is 11.6 Å². The standard InChI is InChI=1S/C17H21ClN2/c1-12-6-4-5-7-16(12)20(3)17-11-15(18)9-8-14(17)10-13(2)19/h4-9,11,13H,10,19H2,1-3H3. The molecule has 0 saturated carbocycles. The second-order valence-corrected chi connectivity index (χ2v) is 5.74. The summed E-state index contributed by atoms with van der Waals surface area (Å²) in [7, 11) is 2.07. The summed E-state index contributed by atoms with van der Waals surface area (Å²) in [6, 6.07) is 14.5. The summed E-state index contributed by atoms with van der Waals surface area (Å²) in [6.45, 7) is 4.13. The molecule has 1 unspecified atom stereocenters. The maximum atomic E-state index is 6.17. The molecule has 2 N–H and O–H groups in total. The van der Waals surface area contributed by atoms with Gasteiger partial charge in [0.05, 0.1) is 0 Å². The fraction of sp³-hybridized carbons (Fsp3) is 0.294. The molecule has 3 heteroatoms. The summed E-state index contributed by atoms with van der Waals surface area (Å²) >= 11 is 6.17. The van der Waals surface area contributed by atoms with Gasteiger partial charge in [-0.2, -0.15) is 0 Å². The zero-order valence-corrected chi connectivity index (χ0v) is 13.0. The Labute approximate surface area is 126 Å². The summed E-state index contributed by atoms with van der Waals surface area (Å²) < 4.78 is 0. The van der Waals surface area contributed by atoms with Crippen LogP contribution in [0.5, 0.6) is 0 Å². The first-order valence-corrected chi connectivity index (χ1v) is 7.20. The summed E-state index contributed by atoms with van der Waals surface area (Å²) in [5.74, 6) is 0. The number of benzene rings is 2. The number of anilines is 2. The van der Waals surface area contributed by atoms with E-state index >= 15 is 0 Å². The first-order valence-electron chi connectivity index (χ1n) is 6.82. The van der Waals surface area contributed by atoms with Crippen molar-refractivity contribution in [1.82, 2.24) is 0 Å². The number of aryl methyl sites for hydroxylation is 1. The number of hydrogen-bond acceptors (Lipinski definition) is 2. The fourth-order valence-corrected chi connectivity index (χ4v) is 2.60. The Kier molecular flexibility index (Phi) is 4.69. The molecule has 0 bridgehead atoms. The highest BCUT2D eigenvalue weighted by Gasteiger charge is 2.12. The third-order valence-electron chi connectivity index (χ3n) is 3.43. The number of nitrogens with zero attached hydrogens (tertiary/aromatic N) is 1. The van der Waals surface area contributed by atoms with E-state index in [-0.39, 0.29) is 6.04 Å². The van der Waals surface area contributed by atoms with Crippen molar-refractivity contribution in [2.24, 2.45) is 5.73 Å². The molecule has 0 amide bonds. The summed E-state index contributed by atoms with van der Waals surface area (Å²) in [6.07, 6.45) is 0.836. The van der Waals surface area contributed by atoms with Crippen molar-refractivity contribution in [3.05, 3.63) is 58.6 Å². The number of halogens is 1. The molecule has 0 radical (unpaired) electrons. The third-order valence-corrected chi connectivity index (χ3v) is 3.66. The lowest BCUT2D eigenvalue weighted by atomic mass is 10.0. The van der Waals surface area contributed by atoms with Gasteiger partial charge in [-0.05, 0) is 49.6 Å². The molecule has 20 heavy (non-hydrogen) atoms. The van der Waals surface area contributed by atoms with Gasteiger partial charge in [0.2, 0.25) is 0 Å². The normalized spacial score (nSPS) is 12.2. The first kappa shape index (κ1) is 14.9. The van der Waals surface area contributed by atoms with Gasteiger partial charge in [-0.25, -0.2) is 0 Å². The minimum atomic E-state index is 0.125. The van der Waals surface area contributed by atoms with Crippen LogP contribution in [0.2, 0.25) is 5.02 Å². The fourth-order valence-electron chi connectivity index (χ4n) is 2.44. The zero-order valence-electron chi connectivity index (χ0n) is 12.2. The van der Waals surface area contributed by atoms with E-state index in [1.54, 1.807) is 0 Å². The molecule has 0 aliphatic heterocycles. The Morgan fingerprint density at radius 1 is 1.15 bits per heavy atom. The monoisotopic (exact) mass is 288 g/mol. The van der Waals surface area contributed by atoms with E-state index in [0.29, 0.717) is 0 Å². The lowest BCUT2D eigenvalue weighted by molar-refractivity contribution is 0.737. The van der Waals surface area contributed by atoms with E-state index in [2.05, 4.69) is 43.1 Å². The molecule has 0 fully saturated rings. The smallest absolute Gasteiger partial charge is 0.0456 e. The van der Waals surface area contributed by atoms with Crippen molar-refractivity contribution in [3.8, 4) is 0 Å². The van der Waals surface area contributed by atoms with E-state index in [1.165, 1.54) is 16.8 Å². The molecule has 2 nitrogen and oxygen atoms in total. The minimum absolute atomic E-state index is 0.125. The van der Waals surface area contributed by atoms with E-state index in [4.69, 9.17) is 17.3 Å². The van der Waals surface area contributed by atoms with E-state index in [9.17, 15) is 0 Å². The summed E-state index contributed by atoms with van der Waals surface area (Å²) in [5.41, 5.74) is 10.7. The van der Waals surface area contributed by atoms with Crippen molar-refractivity contribution in [2.45, 2.75) is 26.3 Å². The predicted octanol–water partition coefficient (Wildman–Crippen LogP) is 4.31. The van der Waals surface area contributed by atoms with Gasteiger partial charge >= 0.3 is 0 Å². The summed E-state index contributed by atoms with van der Waals surface area (Å²) in [4.78, 5) is 2.18. The van der Waals surface area contributed by atoms with Gasteiger partial charge in [-0.3, -0.25) is 0 Å². The van der Waals surface area contributed by atoms with Crippen molar-refractivity contribution in [1.29, 1.82) is 0 Å². The highest BCUT2D eigenvalue weighted by molar-refractivity contribution is 6.30. The van der Waals surface area contributed by atoms with Crippen molar-refractivity contribution >= 4 is 23.0 Å². The molecule has 0 aliphatic rings. The molecule has 0 aromatic heterocycles. The van der Waals surface area contributed by atoms with Gasteiger partial charge in [0.15, 0.2) is 0 Å². The van der Waals surface area contributed by atoms with Crippen LogP contribution < -0.4 is 10.6 Å². The zero-order chi connectivity index (χ0) is 14.7. The molecule has 2 aromatic carbocycles. The minimum Gasteiger partial charge on any atom is -0.344 e. The second kappa shape index (κ2) is 6.29. The van der Waals surface area contributed by atoms with Crippen molar-refractivity contribution in [2.75, 3.05) is 11.9 Å². The maximum Gasteiger partial charge on any atom is 0.0456 e. The Hall–Kier alpha value is -1.51. The van der Waals surface area contributed by atoms with Gasteiger partial charge in [0, 0.05) is 29.5 Å². The molecular weight excluding hydrogens is 268 g/mol. The molecule has 2 rings (SSSR count). The lowest BCUT2D eigenvalue weighted by Crippen LogP contribution is -2.20. The quantitative estimate of drug-likeness (QED) is 0.908. The van der Waals surface area contributed by atoms with Gasteiger partial charge in [-0.1, -0.05) is 35.9 Å². The molecule has 2 aromatic rings. The molecule has 106 valence electrons. The van der Waals surface area contributed by atoms with Gasteiger partial charge < -0.3 is 10.6 Å². The Bertz CT molecular complexity index is 593. The summed E-state index contributed by atoms with van der Waals surface area (Å²) in [5, 5.41) is 0.744. The average Bonchev–Trinajstić information content (AvgIpc) is 2.40. The van der Waals surface area contributed by atoms with E-state index in [1.807, 2.05) is 25.1 Å². The van der Waals surface area contributed by atoms with Crippen LogP contribution in [0, 0.1) is 6.92 Å². The Balaban J connectivity index is 2.45. The first-order chi connectivity index (χ1) is 9.49. The molecule has 1 atom stereocenters. The average molecular weight is 289 g/mol.